The fraction of sp³-hybridized carbons (Fsp3) is 0.909. The van der Waals surface area contributed by atoms with E-state index in [4.69, 9.17) is 9.47 Å². The van der Waals surface area contributed by atoms with Gasteiger partial charge in [0.15, 0.2) is 0 Å². The van der Waals surface area contributed by atoms with E-state index in [9.17, 15) is 4.79 Å². The zero-order chi connectivity index (χ0) is 11.2. The van der Waals surface area contributed by atoms with Gasteiger partial charge in [0.05, 0.1) is 12.7 Å². The molecule has 1 amide bonds. The average Bonchev–Trinajstić information content (AvgIpc) is 2.38. The highest BCUT2D eigenvalue weighted by atomic mass is 35.5. The summed E-state index contributed by atoms with van der Waals surface area (Å²) in [5.41, 5.74) is 0. The quantitative estimate of drug-likeness (QED) is 0.758. The van der Waals surface area contributed by atoms with Crippen LogP contribution in [0, 0.1) is 0 Å². The standard InChI is InChI=1S/C11H20N2O3.ClH/c14-11(10-8-12-4-6-16-10)13-7-9-3-1-2-5-15-9;/h9-10,12H,1-8H2,(H,13,14);1H. The Hall–Kier alpha value is -0.360. The maximum Gasteiger partial charge on any atom is 0.250 e. The second kappa shape index (κ2) is 7.87. The molecule has 5 nitrogen and oxygen atoms in total. The Morgan fingerprint density at radius 3 is 2.82 bits per heavy atom. The highest BCUT2D eigenvalue weighted by molar-refractivity contribution is 5.85. The summed E-state index contributed by atoms with van der Waals surface area (Å²) in [4.78, 5) is 11.7. The molecule has 0 bridgehead atoms. The number of rotatable bonds is 3. The van der Waals surface area contributed by atoms with Crippen molar-refractivity contribution in [2.75, 3.05) is 32.8 Å². The number of carbonyl (C=O) groups excluding carboxylic acids is 1. The molecule has 2 aliphatic heterocycles. The molecule has 2 unspecified atom stereocenters. The first-order valence-electron chi connectivity index (χ1n) is 6.08. The van der Waals surface area contributed by atoms with Crippen LogP contribution in [0.5, 0.6) is 0 Å². The molecule has 0 aromatic carbocycles. The summed E-state index contributed by atoms with van der Waals surface area (Å²) in [6, 6.07) is 0. The Morgan fingerprint density at radius 1 is 1.29 bits per heavy atom. The number of nitrogens with one attached hydrogen (secondary N) is 2. The molecule has 0 spiro atoms. The van der Waals surface area contributed by atoms with Gasteiger partial charge in [-0.05, 0) is 19.3 Å². The first-order chi connectivity index (χ1) is 7.86. The highest BCUT2D eigenvalue weighted by Gasteiger charge is 2.22. The minimum absolute atomic E-state index is 0. The molecule has 2 atom stereocenters. The largest absolute Gasteiger partial charge is 0.376 e. The van der Waals surface area contributed by atoms with Crippen LogP contribution in [-0.4, -0.2) is 51.0 Å². The Bertz CT molecular complexity index is 229. The van der Waals surface area contributed by atoms with Gasteiger partial charge < -0.3 is 20.1 Å². The van der Waals surface area contributed by atoms with Crippen LogP contribution in [0.1, 0.15) is 19.3 Å². The summed E-state index contributed by atoms with van der Waals surface area (Å²) in [7, 11) is 0. The van der Waals surface area contributed by atoms with Crippen LogP contribution < -0.4 is 10.6 Å². The van der Waals surface area contributed by atoms with E-state index in [0.717, 1.165) is 26.0 Å². The monoisotopic (exact) mass is 264 g/mol. The van der Waals surface area contributed by atoms with Crippen molar-refractivity contribution in [2.24, 2.45) is 0 Å². The van der Waals surface area contributed by atoms with E-state index in [2.05, 4.69) is 10.6 Å². The van der Waals surface area contributed by atoms with Gasteiger partial charge in [0, 0.05) is 26.2 Å². The van der Waals surface area contributed by atoms with Gasteiger partial charge in [-0.1, -0.05) is 0 Å². The number of halogens is 1. The predicted octanol–water partition coefficient (Wildman–Crippen LogP) is 0.0819. The van der Waals surface area contributed by atoms with Crippen molar-refractivity contribution >= 4 is 18.3 Å². The third-order valence-corrected chi connectivity index (χ3v) is 3.00. The van der Waals surface area contributed by atoms with E-state index < -0.39 is 0 Å². The highest BCUT2D eigenvalue weighted by Crippen LogP contribution is 2.11. The van der Waals surface area contributed by atoms with Gasteiger partial charge in [0.25, 0.3) is 5.91 Å². The van der Waals surface area contributed by atoms with Crippen LogP contribution in [0.15, 0.2) is 0 Å². The van der Waals surface area contributed by atoms with E-state index in [1.807, 2.05) is 0 Å². The minimum Gasteiger partial charge on any atom is -0.376 e. The number of ether oxygens (including phenoxy) is 2. The van der Waals surface area contributed by atoms with Crippen molar-refractivity contribution < 1.29 is 14.3 Å². The lowest BCUT2D eigenvalue weighted by molar-refractivity contribution is -0.135. The Morgan fingerprint density at radius 2 is 2.18 bits per heavy atom. The van der Waals surface area contributed by atoms with Crippen molar-refractivity contribution in [3.63, 3.8) is 0 Å². The van der Waals surface area contributed by atoms with Crippen LogP contribution in [0.2, 0.25) is 0 Å². The molecule has 2 N–H and O–H groups in total. The fourth-order valence-electron chi connectivity index (χ4n) is 2.03. The second-order valence-corrected chi connectivity index (χ2v) is 4.30. The number of morpholine rings is 1. The molecule has 0 aliphatic carbocycles. The van der Waals surface area contributed by atoms with Gasteiger partial charge in [0.2, 0.25) is 0 Å². The average molecular weight is 265 g/mol. The number of amides is 1. The molecule has 2 rings (SSSR count). The van der Waals surface area contributed by atoms with E-state index in [-0.39, 0.29) is 30.5 Å². The molecule has 2 saturated heterocycles. The summed E-state index contributed by atoms with van der Waals surface area (Å²) in [6.07, 6.45) is 3.23. The van der Waals surface area contributed by atoms with E-state index in [1.54, 1.807) is 0 Å². The van der Waals surface area contributed by atoms with Gasteiger partial charge in [-0.3, -0.25) is 4.79 Å². The van der Waals surface area contributed by atoms with Gasteiger partial charge in [-0.25, -0.2) is 0 Å². The van der Waals surface area contributed by atoms with Crippen molar-refractivity contribution in [3.05, 3.63) is 0 Å². The first-order valence-corrected chi connectivity index (χ1v) is 6.08. The third-order valence-electron chi connectivity index (χ3n) is 3.00. The lowest BCUT2D eigenvalue weighted by atomic mass is 10.1. The smallest absolute Gasteiger partial charge is 0.250 e. The topological polar surface area (TPSA) is 59.6 Å². The van der Waals surface area contributed by atoms with Crippen LogP contribution in [0.25, 0.3) is 0 Å². The second-order valence-electron chi connectivity index (χ2n) is 4.30. The molecule has 2 heterocycles. The molecule has 2 fully saturated rings. The molecular weight excluding hydrogens is 244 g/mol. The molecule has 0 saturated carbocycles. The molecule has 2 aliphatic rings. The zero-order valence-corrected chi connectivity index (χ0v) is 10.8. The zero-order valence-electron chi connectivity index (χ0n) is 9.94. The molecule has 0 aromatic heterocycles. The van der Waals surface area contributed by atoms with Gasteiger partial charge in [-0.15, -0.1) is 12.4 Å². The SMILES string of the molecule is Cl.O=C(NCC1CCCCO1)C1CNCCO1. The first kappa shape index (κ1) is 14.7. The Labute approximate surface area is 108 Å². The van der Waals surface area contributed by atoms with E-state index in [0.29, 0.717) is 19.7 Å². The van der Waals surface area contributed by atoms with Crippen LogP contribution in [-0.2, 0) is 14.3 Å². The van der Waals surface area contributed by atoms with Crippen molar-refractivity contribution in [1.29, 1.82) is 0 Å². The normalized spacial score (nSPS) is 29.2. The van der Waals surface area contributed by atoms with E-state index >= 15 is 0 Å². The van der Waals surface area contributed by atoms with Crippen molar-refractivity contribution in [3.8, 4) is 0 Å². The van der Waals surface area contributed by atoms with Crippen molar-refractivity contribution in [2.45, 2.75) is 31.5 Å². The molecule has 17 heavy (non-hydrogen) atoms. The molecule has 6 heteroatoms. The summed E-state index contributed by atoms with van der Waals surface area (Å²) < 4.78 is 10.9. The maximum atomic E-state index is 11.7. The minimum atomic E-state index is -0.336. The lowest BCUT2D eigenvalue weighted by Crippen LogP contribution is -2.49. The van der Waals surface area contributed by atoms with Crippen LogP contribution >= 0.6 is 12.4 Å². The Kier molecular flexibility index (Phi) is 6.80. The van der Waals surface area contributed by atoms with Crippen molar-refractivity contribution in [1.82, 2.24) is 10.6 Å². The molecule has 100 valence electrons. The summed E-state index contributed by atoms with van der Waals surface area (Å²) in [5.74, 6) is -0.0265. The number of hydrogen-bond donors (Lipinski definition) is 2. The lowest BCUT2D eigenvalue weighted by Gasteiger charge is -2.26. The van der Waals surface area contributed by atoms with Gasteiger partial charge in [0.1, 0.15) is 6.10 Å². The fourth-order valence-corrected chi connectivity index (χ4v) is 2.03. The third kappa shape index (κ3) is 4.79. The summed E-state index contributed by atoms with van der Waals surface area (Å²) in [5, 5.41) is 6.03. The summed E-state index contributed by atoms with van der Waals surface area (Å²) in [6.45, 7) is 3.48. The van der Waals surface area contributed by atoms with Gasteiger partial charge in [-0.2, -0.15) is 0 Å². The van der Waals surface area contributed by atoms with Crippen LogP contribution in [0.4, 0.5) is 0 Å². The number of hydrogen-bond acceptors (Lipinski definition) is 4. The maximum absolute atomic E-state index is 11.7. The molecule has 0 aromatic rings. The Balaban J connectivity index is 0.00000144. The predicted molar refractivity (Wildman–Crippen MR) is 66.5 cm³/mol. The molecular formula is C11H21ClN2O3. The number of carbonyl (C=O) groups is 1. The van der Waals surface area contributed by atoms with E-state index in [1.165, 1.54) is 6.42 Å². The van der Waals surface area contributed by atoms with Gasteiger partial charge >= 0.3 is 0 Å². The molecule has 0 radical (unpaired) electrons. The summed E-state index contributed by atoms with van der Waals surface area (Å²) >= 11 is 0. The van der Waals surface area contributed by atoms with Crippen LogP contribution in [0.3, 0.4) is 0 Å².